The Labute approximate surface area is 160 Å². The molecule has 3 rings (SSSR count). The summed E-state index contributed by atoms with van der Waals surface area (Å²) in [6, 6.07) is 10.5. The van der Waals surface area contributed by atoms with Gasteiger partial charge in [0.25, 0.3) is 5.91 Å². The van der Waals surface area contributed by atoms with Crippen LogP contribution >= 0.6 is 0 Å². The van der Waals surface area contributed by atoms with Gasteiger partial charge >= 0.3 is 0 Å². The maximum Gasteiger partial charge on any atom is 0.254 e. The van der Waals surface area contributed by atoms with Crippen molar-refractivity contribution >= 4 is 11.8 Å². The Hall–Kier alpha value is -3.55. The number of halogens is 2. The van der Waals surface area contributed by atoms with Gasteiger partial charge in [-0.2, -0.15) is 0 Å². The highest BCUT2D eigenvalue weighted by Gasteiger charge is 2.21. The van der Waals surface area contributed by atoms with Crippen LogP contribution in [0.4, 0.5) is 8.78 Å². The molecule has 0 aliphatic heterocycles. The van der Waals surface area contributed by atoms with Crippen molar-refractivity contribution in [2.45, 2.75) is 6.04 Å². The molecule has 0 aliphatic rings. The molecule has 0 saturated heterocycles. The van der Waals surface area contributed by atoms with Crippen molar-refractivity contribution in [1.82, 2.24) is 20.2 Å². The number of aromatic nitrogens is 2. The number of imidazole rings is 1. The predicted molar refractivity (Wildman–Crippen MR) is 98.3 cm³/mol. The Morgan fingerprint density at radius 3 is 2.46 bits per heavy atom. The minimum atomic E-state index is -0.691. The number of hydrogen-bond acceptors (Lipinski definition) is 3. The lowest BCUT2D eigenvalue weighted by Gasteiger charge is -2.19. The number of hydrogen-bond donors (Lipinski definition) is 2. The van der Waals surface area contributed by atoms with Gasteiger partial charge in [-0.3, -0.25) is 9.59 Å². The van der Waals surface area contributed by atoms with Crippen molar-refractivity contribution in [3.05, 3.63) is 89.5 Å². The number of amides is 2. The standard InChI is InChI=1S/C20H18F2N4O2/c1-26-11-10-23-19(26)18(13-6-8-14(21)9-7-13)25-17(27)12-24-20(28)15-4-2-3-5-16(15)22/h2-11,18H,12H2,1H3,(H,24,28)(H,25,27)/t18-/m1/s1. The van der Waals surface area contributed by atoms with E-state index in [0.717, 1.165) is 0 Å². The number of nitrogens with one attached hydrogen (secondary N) is 2. The van der Waals surface area contributed by atoms with E-state index in [1.54, 1.807) is 36.1 Å². The highest BCUT2D eigenvalue weighted by molar-refractivity contribution is 5.96. The van der Waals surface area contributed by atoms with E-state index in [2.05, 4.69) is 15.6 Å². The average molecular weight is 384 g/mol. The molecule has 6 nitrogen and oxygen atoms in total. The zero-order valence-corrected chi connectivity index (χ0v) is 15.0. The van der Waals surface area contributed by atoms with E-state index >= 15 is 0 Å². The van der Waals surface area contributed by atoms with E-state index in [0.29, 0.717) is 11.4 Å². The Balaban J connectivity index is 1.71. The van der Waals surface area contributed by atoms with Crippen LogP contribution in [0.2, 0.25) is 0 Å². The molecular formula is C20H18F2N4O2. The van der Waals surface area contributed by atoms with Crippen LogP contribution in [0.3, 0.4) is 0 Å². The van der Waals surface area contributed by atoms with Crippen LogP contribution in [0.1, 0.15) is 27.8 Å². The molecule has 1 heterocycles. The lowest BCUT2D eigenvalue weighted by molar-refractivity contribution is -0.120. The van der Waals surface area contributed by atoms with Gasteiger partial charge in [-0.15, -0.1) is 0 Å². The summed E-state index contributed by atoms with van der Waals surface area (Å²) in [6.45, 7) is -0.352. The van der Waals surface area contributed by atoms with Gasteiger partial charge in [0.1, 0.15) is 23.5 Å². The number of benzene rings is 2. The summed E-state index contributed by atoms with van der Waals surface area (Å²) >= 11 is 0. The van der Waals surface area contributed by atoms with Gasteiger partial charge in [0.15, 0.2) is 0 Å². The molecule has 2 amide bonds. The summed E-state index contributed by atoms with van der Waals surface area (Å²) in [7, 11) is 1.77. The summed E-state index contributed by atoms with van der Waals surface area (Å²) in [6.07, 6.45) is 3.30. The van der Waals surface area contributed by atoms with Gasteiger partial charge < -0.3 is 15.2 Å². The van der Waals surface area contributed by atoms with Crippen LogP contribution in [0, 0.1) is 11.6 Å². The fourth-order valence-electron chi connectivity index (χ4n) is 2.72. The second-order valence-corrected chi connectivity index (χ2v) is 6.11. The summed E-state index contributed by atoms with van der Waals surface area (Å²) < 4.78 is 28.6. The first-order chi connectivity index (χ1) is 13.5. The lowest BCUT2D eigenvalue weighted by atomic mass is 10.1. The molecule has 0 radical (unpaired) electrons. The predicted octanol–water partition coefficient (Wildman–Crippen LogP) is 2.33. The van der Waals surface area contributed by atoms with E-state index in [1.807, 2.05) is 0 Å². The van der Waals surface area contributed by atoms with Crippen LogP contribution < -0.4 is 10.6 Å². The number of carbonyl (C=O) groups is 2. The Bertz CT molecular complexity index is 986. The summed E-state index contributed by atoms with van der Waals surface area (Å²) in [5.41, 5.74) is 0.485. The Morgan fingerprint density at radius 2 is 1.82 bits per heavy atom. The van der Waals surface area contributed by atoms with Gasteiger partial charge in [0.2, 0.25) is 5.91 Å². The zero-order chi connectivity index (χ0) is 20.1. The van der Waals surface area contributed by atoms with Crippen LogP contribution in [-0.4, -0.2) is 27.9 Å². The maximum absolute atomic E-state index is 13.7. The molecule has 0 aliphatic carbocycles. The van der Waals surface area contributed by atoms with E-state index in [-0.39, 0.29) is 12.1 Å². The fraction of sp³-hybridized carbons (Fsp3) is 0.150. The second-order valence-electron chi connectivity index (χ2n) is 6.11. The number of carbonyl (C=O) groups excluding carboxylic acids is 2. The highest BCUT2D eigenvalue weighted by atomic mass is 19.1. The molecular weight excluding hydrogens is 366 g/mol. The molecule has 0 bridgehead atoms. The summed E-state index contributed by atoms with van der Waals surface area (Å²) in [5.74, 6) is -1.71. The van der Waals surface area contributed by atoms with Crippen molar-refractivity contribution in [2.75, 3.05) is 6.54 Å². The third-order valence-electron chi connectivity index (χ3n) is 4.15. The van der Waals surface area contributed by atoms with Crippen molar-refractivity contribution in [1.29, 1.82) is 0 Å². The number of nitrogens with zero attached hydrogens (tertiary/aromatic N) is 2. The molecule has 1 aromatic heterocycles. The molecule has 0 spiro atoms. The van der Waals surface area contributed by atoms with Crippen LogP contribution in [0.25, 0.3) is 0 Å². The van der Waals surface area contributed by atoms with Gasteiger partial charge in [-0.25, -0.2) is 13.8 Å². The topological polar surface area (TPSA) is 76.0 Å². The monoisotopic (exact) mass is 384 g/mol. The molecule has 28 heavy (non-hydrogen) atoms. The molecule has 2 N–H and O–H groups in total. The second kappa shape index (κ2) is 8.43. The van der Waals surface area contributed by atoms with Crippen LogP contribution in [-0.2, 0) is 11.8 Å². The maximum atomic E-state index is 13.7. The van der Waals surface area contributed by atoms with Crippen molar-refractivity contribution in [2.24, 2.45) is 7.05 Å². The van der Waals surface area contributed by atoms with Crippen molar-refractivity contribution in [3.63, 3.8) is 0 Å². The first-order valence-corrected chi connectivity index (χ1v) is 8.50. The number of aryl methyl sites for hydroxylation is 1. The van der Waals surface area contributed by atoms with E-state index in [1.165, 1.54) is 36.4 Å². The number of rotatable bonds is 6. The van der Waals surface area contributed by atoms with Crippen LogP contribution in [0.15, 0.2) is 60.9 Å². The largest absolute Gasteiger partial charge is 0.343 e. The van der Waals surface area contributed by atoms with Crippen molar-refractivity contribution < 1.29 is 18.4 Å². The zero-order valence-electron chi connectivity index (χ0n) is 15.0. The van der Waals surface area contributed by atoms with Gasteiger partial charge in [-0.1, -0.05) is 24.3 Å². The third-order valence-corrected chi connectivity index (χ3v) is 4.15. The highest BCUT2D eigenvalue weighted by Crippen LogP contribution is 2.20. The molecule has 0 saturated carbocycles. The van der Waals surface area contributed by atoms with Gasteiger partial charge in [0, 0.05) is 19.4 Å². The molecule has 0 unspecified atom stereocenters. The minimum absolute atomic E-state index is 0.144. The molecule has 0 fully saturated rings. The van der Waals surface area contributed by atoms with E-state index in [4.69, 9.17) is 0 Å². The Morgan fingerprint density at radius 1 is 1.11 bits per heavy atom. The summed E-state index contributed by atoms with van der Waals surface area (Å²) in [4.78, 5) is 28.7. The van der Waals surface area contributed by atoms with Gasteiger partial charge in [-0.05, 0) is 29.8 Å². The van der Waals surface area contributed by atoms with E-state index < -0.39 is 29.5 Å². The average Bonchev–Trinajstić information content (AvgIpc) is 3.11. The minimum Gasteiger partial charge on any atom is -0.343 e. The third kappa shape index (κ3) is 4.40. The fourth-order valence-corrected chi connectivity index (χ4v) is 2.72. The first-order valence-electron chi connectivity index (χ1n) is 8.50. The SMILES string of the molecule is Cn1ccnc1[C@H](NC(=O)CNC(=O)c1ccccc1F)c1ccc(F)cc1. The van der Waals surface area contributed by atoms with Crippen LogP contribution in [0.5, 0.6) is 0 Å². The van der Waals surface area contributed by atoms with E-state index in [9.17, 15) is 18.4 Å². The van der Waals surface area contributed by atoms with Gasteiger partial charge in [0.05, 0.1) is 12.1 Å². The van der Waals surface area contributed by atoms with Crippen molar-refractivity contribution in [3.8, 4) is 0 Å². The molecule has 1 atom stereocenters. The molecule has 2 aromatic carbocycles. The lowest BCUT2D eigenvalue weighted by Crippen LogP contribution is -2.39. The smallest absolute Gasteiger partial charge is 0.254 e. The Kier molecular flexibility index (Phi) is 5.78. The molecule has 3 aromatic rings. The quantitative estimate of drug-likeness (QED) is 0.685. The molecule has 144 valence electrons. The normalized spacial score (nSPS) is 11.7. The summed E-state index contributed by atoms with van der Waals surface area (Å²) in [5, 5.41) is 5.15. The first kappa shape index (κ1) is 19.2. The molecule has 8 heteroatoms.